The maximum absolute atomic E-state index is 12.5. The van der Waals surface area contributed by atoms with E-state index >= 15 is 0 Å². The van der Waals surface area contributed by atoms with Gasteiger partial charge in [0.2, 0.25) is 11.7 Å². The number of methoxy groups -OCH3 is 2. The number of aromatic amines is 1. The van der Waals surface area contributed by atoms with Crippen molar-refractivity contribution in [1.29, 1.82) is 0 Å². The summed E-state index contributed by atoms with van der Waals surface area (Å²) in [5.41, 5.74) is 3.70. The highest BCUT2D eigenvalue weighted by molar-refractivity contribution is 5.76. The Morgan fingerprint density at radius 2 is 1.87 bits per heavy atom. The minimum Gasteiger partial charge on any atom is -0.493 e. The van der Waals surface area contributed by atoms with Gasteiger partial charge in [0.05, 0.1) is 26.0 Å². The smallest absolute Gasteiger partial charge is 0.220 e. The summed E-state index contributed by atoms with van der Waals surface area (Å²) in [5, 5.41) is 10.8. The average molecular weight is 428 g/mol. The van der Waals surface area contributed by atoms with E-state index in [-0.39, 0.29) is 18.1 Å². The number of amides is 1. The first kappa shape index (κ1) is 21.5. The number of carbonyl (C=O) groups is 1. The van der Waals surface area contributed by atoms with Crippen molar-refractivity contribution in [3.8, 4) is 17.2 Å². The molecule has 2 aromatic rings. The lowest BCUT2D eigenvalue weighted by atomic mass is 9.92. The number of benzene rings is 1. The van der Waals surface area contributed by atoms with Gasteiger partial charge in [-0.05, 0) is 69.1 Å². The SMILES string of the molecule is COc1cccc(OC2CCC(NC(=O)CCc3n[nH]c4c3CCCC4)CC2)c1OC. The fourth-order valence-electron chi connectivity index (χ4n) is 4.74. The van der Waals surface area contributed by atoms with Crippen molar-refractivity contribution in [3.05, 3.63) is 35.2 Å². The van der Waals surface area contributed by atoms with Crippen LogP contribution in [0.2, 0.25) is 0 Å². The van der Waals surface area contributed by atoms with Crippen LogP contribution >= 0.6 is 0 Å². The molecule has 1 aromatic heterocycles. The molecule has 0 spiro atoms. The first-order valence-electron chi connectivity index (χ1n) is 11.4. The van der Waals surface area contributed by atoms with Crippen LogP contribution in [0.1, 0.15) is 61.9 Å². The van der Waals surface area contributed by atoms with Gasteiger partial charge in [0.25, 0.3) is 0 Å². The number of fused-ring (bicyclic) bond motifs is 1. The Labute approximate surface area is 183 Å². The van der Waals surface area contributed by atoms with Gasteiger partial charge < -0.3 is 19.5 Å². The molecule has 0 radical (unpaired) electrons. The molecule has 2 aliphatic rings. The number of hydrogen-bond acceptors (Lipinski definition) is 5. The standard InChI is InChI=1S/C24H33N3O4/c1-29-21-8-5-9-22(24(21)30-2)31-17-12-10-16(11-13-17)25-23(28)15-14-20-18-6-3-4-7-19(18)26-27-20/h5,8-9,16-17H,3-4,6-7,10-15H2,1-2H3,(H,25,28)(H,26,27). The second kappa shape index (κ2) is 10.1. The van der Waals surface area contributed by atoms with E-state index in [1.54, 1.807) is 14.2 Å². The van der Waals surface area contributed by atoms with E-state index in [0.717, 1.165) is 44.2 Å². The van der Waals surface area contributed by atoms with Gasteiger partial charge in [0.15, 0.2) is 11.5 Å². The molecular formula is C24H33N3O4. The van der Waals surface area contributed by atoms with Gasteiger partial charge in [-0.15, -0.1) is 0 Å². The molecule has 4 rings (SSSR count). The van der Waals surface area contributed by atoms with Gasteiger partial charge >= 0.3 is 0 Å². The number of aryl methyl sites for hydroxylation is 2. The van der Waals surface area contributed by atoms with Crippen LogP contribution in [0, 0.1) is 0 Å². The lowest BCUT2D eigenvalue weighted by molar-refractivity contribution is -0.122. The summed E-state index contributed by atoms with van der Waals surface area (Å²) in [7, 11) is 3.24. The van der Waals surface area contributed by atoms with E-state index in [1.807, 2.05) is 18.2 Å². The maximum Gasteiger partial charge on any atom is 0.220 e. The Hall–Kier alpha value is -2.70. The van der Waals surface area contributed by atoms with E-state index < -0.39 is 0 Å². The summed E-state index contributed by atoms with van der Waals surface area (Å²) in [6.45, 7) is 0. The fraction of sp³-hybridized carbons (Fsp3) is 0.583. The van der Waals surface area contributed by atoms with Gasteiger partial charge in [0, 0.05) is 24.6 Å². The van der Waals surface area contributed by atoms with Crippen molar-refractivity contribution in [1.82, 2.24) is 15.5 Å². The number of nitrogens with zero attached hydrogens (tertiary/aromatic N) is 1. The molecule has 0 bridgehead atoms. The summed E-state index contributed by atoms with van der Waals surface area (Å²) in [6, 6.07) is 5.88. The Balaban J connectivity index is 1.22. The summed E-state index contributed by atoms with van der Waals surface area (Å²) in [5.74, 6) is 2.11. The monoisotopic (exact) mass is 427 g/mol. The first-order valence-corrected chi connectivity index (χ1v) is 11.4. The summed E-state index contributed by atoms with van der Waals surface area (Å²) in [4.78, 5) is 12.5. The maximum atomic E-state index is 12.5. The number of rotatable bonds is 8. The van der Waals surface area contributed by atoms with E-state index in [9.17, 15) is 4.79 Å². The largest absolute Gasteiger partial charge is 0.493 e. The normalized spacial score (nSPS) is 20.6. The van der Waals surface area contributed by atoms with Crippen LogP contribution in [0.3, 0.4) is 0 Å². The van der Waals surface area contributed by atoms with E-state index in [4.69, 9.17) is 14.2 Å². The summed E-state index contributed by atoms with van der Waals surface area (Å²) < 4.78 is 17.0. The topological polar surface area (TPSA) is 85.5 Å². The summed E-state index contributed by atoms with van der Waals surface area (Å²) in [6.07, 6.45) is 9.58. The van der Waals surface area contributed by atoms with Crippen molar-refractivity contribution >= 4 is 5.91 Å². The van der Waals surface area contributed by atoms with Crippen molar-refractivity contribution < 1.29 is 19.0 Å². The number of ether oxygens (including phenoxy) is 3. The quantitative estimate of drug-likeness (QED) is 0.670. The van der Waals surface area contributed by atoms with Gasteiger partial charge in [-0.1, -0.05) is 6.07 Å². The summed E-state index contributed by atoms with van der Waals surface area (Å²) >= 11 is 0. The second-order valence-electron chi connectivity index (χ2n) is 8.49. The minimum atomic E-state index is 0.115. The molecule has 168 valence electrons. The Bertz CT molecular complexity index is 887. The van der Waals surface area contributed by atoms with Crippen LogP contribution in [0.15, 0.2) is 18.2 Å². The molecule has 1 aromatic carbocycles. The third-order valence-corrected chi connectivity index (χ3v) is 6.43. The zero-order chi connectivity index (χ0) is 21.6. The Morgan fingerprint density at radius 3 is 2.65 bits per heavy atom. The van der Waals surface area contributed by atoms with Crippen molar-refractivity contribution in [2.24, 2.45) is 0 Å². The van der Waals surface area contributed by atoms with Crippen LogP contribution in [0.25, 0.3) is 0 Å². The Kier molecular flexibility index (Phi) is 6.99. The molecule has 2 N–H and O–H groups in total. The zero-order valence-corrected chi connectivity index (χ0v) is 18.5. The molecule has 2 aliphatic carbocycles. The van der Waals surface area contributed by atoms with Crippen LogP contribution in [-0.4, -0.2) is 42.5 Å². The number of nitrogens with one attached hydrogen (secondary N) is 2. The van der Waals surface area contributed by atoms with Gasteiger partial charge in [-0.25, -0.2) is 0 Å². The van der Waals surface area contributed by atoms with Gasteiger partial charge in [-0.3, -0.25) is 9.89 Å². The predicted octanol–water partition coefficient (Wildman–Crippen LogP) is 3.74. The number of H-pyrrole nitrogens is 1. The molecule has 31 heavy (non-hydrogen) atoms. The molecule has 1 saturated carbocycles. The van der Waals surface area contributed by atoms with Crippen LogP contribution in [0.4, 0.5) is 0 Å². The fourth-order valence-corrected chi connectivity index (χ4v) is 4.74. The van der Waals surface area contributed by atoms with Crippen LogP contribution in [-0.2, 0) is 24.1 Å². The lowest BCUT2D eigenvalue weighted by Gasteiger charge is -2.30. The lowest BCUT2D eigenvalue weighted by Crippen LogP contribution is -2.39. The highest BCUT2D eigenvalue weighted by Crippen LogP contribution is 2.38. The number of aromatic nitrogens is 2. The molecule has 0 unspecified atom stereocenters. The highest BCUT2D eigenvalue weighted by atomic mass is 16.5. The number of carbonyl (C=O) groups excluding carboxylic acids is 1. The first-order chi connectivity index (χ1) is 15.2. The minimum absolute atomic E-state index is 0.115. The second-order valence-corrected chi connectivity index (χ2v) is 8.49. The van der Waals surface area contributed by atoms with E-state index in [2.05, 4.69) is 15.5 Å². The molecule has 1 amide bonds. The molecule has 0 saturated heterocycles. The molecular weight excluding hydrogens is 394 g/mol. The van der Waals surface area contributed by atoms with Crippen molar-refractivity contribution in [2.45, 2.75) is 76.4 Å². The third-order valence-electron chi connectivity index (χ3n) is 6.43. The highest BCUT2D eigenvalue weighted by Gasteiger charge is 2.25. The van der Waals surface area contributed by atoms with Crippen molar-refractivity contribution in [3.63, 3.8) is 0 Å². The third kappa shape index (κ3) is 5.14. The van der Waals surface area contributed by atoms with Gasteiger partial charge in [0.1, 0.15) is 0 Å². The molecule has 1 heterocycles. The van der Waals surface area contributed by atoms with Gasteiger partial charge in [-0.2, -0.15) is 5.10 Å². The molecule has 7 nitrogen and oxygen atoms in total. The van der Waals surface area contributed by atoms with E-state index in [1.165, 1.54) is 24.1 Å². The Morgan fingerprint density at radius 1 is 1.10 bits per heavy atom. The molecule has 0 atom stereocenters. The number of hydrogen-bond donors (Lipinski definition) is 2. The van der Waals surface area contributed by atoms with Crippen LogP contribution < -0.4 is 19.5 Å². The van der Waals surface area contributed by atoms with E-state index in [0.29, 0.717) is 30.1 Å². The molecule has 0 aliphatic heterocycles. The van der Waals surface area contributed by atoms with Crippen LogP contribution in [0.5, 0.6) is 17.2 Å². The molecule has 1 fully saturated rings. The number of para-hydroxylation sites is 1. The van der Waals surface area contributed by atoms with Crippen molar-refractivity contribution in [2.75, 3.05) is 14.2 Å². The zero-order valence-electron chi connectivity index (χ0n) is 18.5. The predicted molar refractivity (Wildman–Crippen MR) is 118 cm³/mol. The molecule has 7 heteroatoms. The average Bonchev–Trinajstić information content (AvgIpc) is 3.22.